The number of benzene rings is 3. The topological polar surface area (TPSA) is 107 Å². The van der Waals surface area contributed by atoms with Gasteiger partial charge in [0, 0.05) is 23.7 Å². The maximum absolute atomic E-state index is 11.5. The van der Waals surface area contributed by atoms with E-state index in [0.29, 0.717) is 11.3 Å². The number of aromatic nitrogens is 1. The van der Waals surface area contributed by atoms with Crippen LogP contribution in [-0.2, 0) is 16.1 Å². The number of carbonyl (C=O) groups excluding carboxylic acids is 1. The molecule has 1 aromatic heterocycles. The van der Waals surface area contributed by atoms with Gasteiger partial charge < -0.3 is 15.0 Å². The number of para-hydroxylation sites is 2. The van der Waals surface area contributed by atoms with Crippen molar-refractivity contribution in [2.45, 2.75) is 12.5 Å². The van der Waals surface area contributed by atoms with Crippen molar-refractivity contribution in [3.8, 4) is 17.2 Å². The van der Waals surface area contributed by atoms with E-state index in [2.05, 4.69) is 4.72 Å². The minimum absolute atomic E-state index is 0.107. The average Bonchev–Trinajstić information content (AvgIpc) is 3.14. The van der Waals surface area contributed by atoms with E-state index in [1.165, 1.54) is 0 Å². The highest BCUT2D eigenvalue weighted by molar-refractivity contribution is 7.77. The van der Waals surface area contributed by atoms with Gasteiger partial charge in [0.2, 0.25) is 17.2 Å². The first-order chi connectivity index (χ1) is 15.0. The molecule has 0 aliphatic heterocycles. The first-order valence-corrected chi connectivity index (χ1v) is 10.7. The molecule has 0 saturated carbocycles. The van der Waals surface area contributed by atoms with Gasteiger partial charge in [0.1, 0.15) is 11.5 Å². The average molecular weight is 436 g/mol. The van der Waals surface area contributed by atoms with E-state index < -0.39 is 23.2 Å². The van der Waals surface area contributed by atoms with E-state index in [1.807, 2.05) is 89.6 Å². The third-order valence-electron chi connectivity index (χ3n) is 4.86. The number of nitrogens with zero attached hydrogens (tertiary/aromatic N) is 1. The summed E-state index contributed by atoms with van der Waals surface area (Å²) in [5, 5.41) is 0.858. The van der Waals surface area contributed by atoms with Gasteiger partial charge >= 0.3 is 0 Å². The van der Waals surface area contributed by atoms with Crippen molar-refractivity contribution in [1.82, 2.24) is 9.29 Å². The van der Waals surface area contributed by atoms with Crippen molar-refractivity contribution in [1.29, 1.82) is 0 Å². The van der Waals surface area contributed by atoms with Gasteiger partial charge in [-0.25, -0.2) is 8.93 Å². The highest BCUT2D eigenvalue weighted by Gasteiger charge is 2.21. The molecule has 8 heteroatoms. The van der Waals surface area contributed by atoms with E-state index in [0.717, 1.165) is 22.3 Å². The molecule has 4 N–H and O–H groups in total. The Morgan fingerprint density at radius 2 is 1.65 bits per heavy atom. The zero-order valence-electron chi connectivity index (χ0n) is 16.5. The van der Waals surface area contributed by atoms with Gasteiger partial charge in [0.15, 0.2) is 0 Å². The quantitative estimate of drug-likeness (QED) is 0.363. The summed E-state index contributed by atoms with van der Waals surface area (Å²) < 4.78 is 31.1. The van der Waals surface area contributed by atoms with Crippen molar-refractivity contribution in [3.63, 3.8) is 0 Å². The number of fused-ring (bicyclic) bond motifs is 1. The van der Waals surface area contributed by atoms with Crippen LogP contribution in [0.5, 0.6) is 11.5 Å². The van der Waals surface area contributed by atoms with E-state index in [4.69, 9.17) is 10.5 Å². The Morgan fingerprint density at radius 3 is 2.32 bits per heavy atom. The number of ether oxygens (including phenoxy) is 1. The SMILES string of the molecule is NC(=O)CC(NS(=O)O)c1cn(-c2ccc(Oc3ccccc3)cc2)c2ccccc12. The van der Waals surface area contributed by atoms with Crippen molar-refractivity contribution in [2.24, 2.45) is 5.73 Å². The number of nitrogens with two attached hydrogens (primary N) is 1. The highest BCUT2D eigenvalue weighted by atomic mass is 32.2. The standard InChI is InChI=1S/C23H21N3O4S/c24-23(27)14-21(25-31(28)29)20-15-26(22-9-5-4-8-19(20)22)16-10-12-18(13-11-16)30-17-6-2-1-3-7-17/h1-13,15,21,25H,14H2,(H2,24,27)(H,28,29). The summed E-state index contributed by atoms with van der Waals surface area (Å²) in [5.74, 6) is 0.888. The minimum atomic E-state index is -2.30. The van der Waals surface area contributed by atoms with Crippen LogP contribution >= 0.6 is 0 Å². The Bertz CT molecular complexity index is 1210. The molecule has 0 aliphatic rings. The zero-order valence-corrected chi connectivity index (χ0v) is 17.3. The van der Waals surface area contributed by atoms with Crippen LogP contribution in [0.15, 0.2) is 85.1 Å². The normalized spacial score (nSPS) is 13.1. The van der Waals surface area contributed by atoms with Crippen LogP contribution in [0.2, 0.25) is 0 Å². The van der Waals surface area contributed by atoms with Gasteiger partial charge in [-0.3, -0.25) is 9.35 Å². The molecule has 1 heterocycles. The molecule has 0 bridgehead atoms. The summed E-state index contributed by atoms with van der Waals surface area (Å²) in [5.41, 5.74) is 7.86. The summed E-state index contributed by atoms with van der Waals surface area (Å²) in [6.07, 6.45) is 1.75. The Kier molecular flexibility index (Phi) is 6.13. The Hall–Kier alpha value is -3.46. The molecule has 2 atom stereocenters. The third kappa shape index (κ3) is 4.83. The van der Waals surface area contributed by atoms with Gasteiger partial charge in [-0.2, -0.15) is 0 Å². The van der Waals surface area contributed by atoms with Gasteiger partial charge in [-0.15, -0.1) is 0 Å². The molecule has 3 aromatic carbocycles. The fourth-order valence-corrected chi connectivity index (χ4v) is 3.99. The predicted molar refractivity (Wildman–Crippen MR) is 120 cm³/mol. The lowest BCUT2D eigenvalue weighted by molar-refractivity contribution is -0.118. The first-order valence-electron chi connectivity index (χ1n) is 9.60. The van der Waals surface area contributed by atoms with Crippen LogP contribution in [0, 0.1) is 0 Å². The number of nitrogens with one attached hydrogen (secondary N) is 1. The monoisotopic (exact) mass is 435 g/mol. The summed E-state index contributed by atoms with van der Waals surface area (Å²) in [6.45, 7) is 0. The number of hydrogen-bond acceptors (Lipinski definition) is 3. The third-order valence-corrected chi connectivity index (χ3v) is 5.35. The molecular weight excluding hydrogens is 414 g/mol. The Morgan fingerprint density at radius 1 is 1.00 bits per heavy atom. The largest absolute Gasteiger partial charge is 0.457 e. The van der Waals surface area contributed by atoms with E-state index in [-0.39, 0.29) is 6.42 Å². The summed E-state index contributed by atoms with van der Waals surface area (Å²) in [7, 11) is 0. The molecule has 4 aromatic rings. The number of amides is 1. The molecule has 158 valence electrons. The molecular formula is C23H21N3O4S. The van der Waals surface area contributed by atoms with Crippen LogP contribution in [0.25, 0.3) is 16.6 Å². The molecule has 0 aliphatic carbocycles. The second-order valence-corrected chi connectivity index (χ2v) is 7.70. The lowest BCUT2D eigenvalue weighted by Gasteiger charge is -2.14. The lowest BCUT2D eigenvalue weighted by atomic mass is 10.0. The van der Waals surface area contributed by atoms with Crippen LogP contribution in [-0.4, -0.2) is 19.2 Å². The van der Waals surface area contributed by atoms with Gasteiger partial charge in [-0.05, 0) is 48.0 Å². The van der Waals surface area contributed by atoms with E-state index in [1.54, 1.807) is 0 Å². The predicted octanol–water partition coefficient (Wildman–Crippen LogP) is 4.07. The fourth-order valence-electron chi connectivity index (χ4n) is 3.53. The molecule has 7 nitrogen and oxygen atoms in total. The number of rotatable bonds is 8. The first kappa shape index (κ1) is 20.8. The molecule has 0 fully saturated rings. The Balaban J connectivity index is 1.71. The zero-order chi connectivity index (χ0) is 21.8. The second-order valence-electron chi connectivity index (χ2n) is 6.97. The van der Waals surface area contributed by atoms with Crippen molar-refractivity contribution in [2.75, 3.05) is 0 Å². The highest BCUT2D eigenvalue weighted by Crippen LogP contribution is 2.31. The Labute approximate surface area is 181 Å². The molecule has 1 amide bonds. The number of carbonyl (C=O) groups is 1. The van der Waals surface area contributed by atoms with Crippen molar-refractivity contribution >= 4 is 28.1 Å². The molecule has 4 rings (SSSR count). The van der Waals surface area contributed by atoms with Crippen molar-refractivity contribution in [3.05, 3.63) is 90.6 Å². The molecule has 31 heavy (non-hydrogen) atoms. The van der Waals surface area contributed by atoms with Gasteiger partial charge in [0.25, 0.3) is 0 Å². The number of hydrogen-bond donors (Lipinski definition) is 3. The van der Waals surface area contributed by atoms with Gasteiger partial charge in [-0.1, -0.05) is 36.4 Å². The smallest absolute Gasteiger partial charge is 0.232 e. The number of primary amides is 1. The van der Waals surface area contributed by atoms with Crippen LogP contribution < -0.4 is 15.2 Å². The van der Waals surface area contributed by atoms with Crippen LogP contribution in [0.1, 0.15) is 18.0 Å². The summed E-state index contributed by atoms with van der Waals surface area (Å²) >= 11 is -2.30. The maximum Gasteiger partial charge on any atom is 0.232 e. The molecule has 0 saturated heterocycles. The summed E-state index contributed by atoms with van der Waals surface area (Å²) in [6, 6.07) is 24.1. The van der Waals surface area contributed by atoms with Crippen molar-refractivity contribution < 1.29 is 18.3 Å². The minimum Gasteiger partial charge on any atom is -0.457 e. The molecule has 0 radical (unpaired) electrons. The van der Waals surface area contributed by atoms with Crippen LogP contribution in [0.3, 0.4) is 0 Å². The maximum atomic E-state index is 11.5. The lowest BCUT2D eigenvalue weighted by Crippen LogP contribution is -2.27. The molecule has 0 spiro atoms. The fraction of sp³-hybridized carbons (Fsp3) is 0.0870. The van der Waals surface area contributed by atoms with E-state index in [9.17, 15) is 13.6 Å². The van der Waals surface area contributed by atoms with E-state index >= 15 is 0 Å². The summed E-state index contributed by atoms with van der Waals surface area (Å²) in [4.78, 5) is 11.5. The second kappa shape index (κ2) is 9.13. The molecule has 2 unspecified atom stereocenters. The van der Waals surface area contributed by atoms with Gasteiger partial charge in [0.05, 0.1) is 11.6 Å². The van der Waals surface area contributed by atoms with Crippen LogP contribution in [0.4, 0.5) is 0 Å².